The van der Waals surface area contributed by atoms with Crippen LogP contribution in [0, 0.1) is 0 Å². The van der Waals surface area contributed by atoms with Crippen LogP contribution in [-0.2, 0) is 257 Å². The average molecular weight is 925 g/mol. The fourth-order valence-corrected chi connectivity index (χ4v) is 0. The molecule has 0 aromatic rings. The average Bonchev–Trinajstić information content (AvgIpc) is 1.62. The van der Waals surface area contributed by atoms with Gasteiger partial charge in [-0.05, 0) is 0 Å². The summed E-state index contributed by atoms with van der Waals surface area (Å²) >= 11 is 70.1. The van der Waals surface area contributed by atoms with Crippen LogP contribution >= 0.6 is 14.6 Å². The summed E-state index contributed by atoms with van der Waals surface area (Å²) in [6, 6.07) is 0. The van der Waals surface area contributed by atoms with Crippen LogP contribution in [0.3, 0.4) is 0 Å². The molecule has 0 aromatic carbocycles. The van der Waals surface area contributed by atoms with Crippen LogP contribution in [0.2, 0.25) is 0 Å². The van der Waals surface area contributed by atoms with Crippen molar-refractivity contribution in [3.63, 3.8) is 0 Å². The summed E-state index contributed by atoms with van der Waals surface area (Å²) in [5.74, 6) is 0. The smallest absolute Gasteiger partial charge is 0.794 e. The minimum Gasteiger partial charge on any atom is -0.794 e. The molecule has 0 aliphatic rings. The quantitative estimate of drug-likeness (QED) is 0.198. The Morgan fingerprint density at radius 2 is 0.304 bits per heavy atom. The Hall–Kier alpha value is 8.86. The first-order valence-corrected chi connectivity index (χ1v) is 26.3. The molecule has 23 heteroatoms. The Morgan fingerprint density at radius 3 is 0.304 bits per heavy atom. The van der Waals surface area contributed by atoms with Gasteiger partial charge in [0.25, 0.3) is 0 Å². The molecule has 0 aliphatic heterocycles. The Balaban J connectivity index is -0.0000000284. The van der Waals surface area contributed by atoms with Crippen molar-refractivity contribution in [2.75, 3.05) is 0 Å². The van der Waals surface area contributed by atoms with Gasteiger partial charge in [0.15, 0.2) is 0 Å². The van der Waals surface area contributed by atoms with E-state index in [9.17, 15) is 0 Å². The van der Waals surface area contributed by atoms with Gasteiger partial charge < -0.3 is 162 Å². The molecule has 0 aliphatic carbocycles. The molecule has 0 atom stereocenters. The van der Waals surface area contributed by atoms with Crippen molar-refractivity contribution in [1.29, 1.82) is 0 Å². The standard InChI is InChI=1S/3Mo.4H3PS4/c;;;4*2-1(3,4)5/h;;;4*(H3,2,3,4,5)/q3*+4;;;;/p-12. The SMILES string of the molecule is S=P([S-])([S-])[S-].S=P([S-])([S-])[S-].S=P([S-])([S-])[S-].S=P([S-])([S-])[S-].[Mo+4].[Mo+4].[Mo+4]. The normalized spacial score (nSPS) is 10.3. The zero-order valence-corrected chi connectivity index (χ0v) is 32.2. The van der Waals surface area contributed by atoms with Crippen molar-refractivity contribution in [2.45, 2.75) is 0 Å². The number of rotatable bonds is 0. The van der Waals surface area contributed by atoms with E-state index < -0.39 is 14.6 Å². The Labute approximate surface area is 266 Å². The van der Waals surface area contributed by atoms with Crippen LogP contribution in [-0.4, -0.2) is 0 Å². The third kappa shape index (κ3) is 327. The van der Waals surface area contributed by atoms with E-state index in [1.807, 2.05) is 0 Å². The third-order valence-corrected chi connectivity index (χ3v) is 0. The van der Waals surface area contributed by atoms with Crippen LogP contribution < -0.4 is 0 Å². The van der Waals surface area contributed by atoms with Crippen molar-refractivity contribution >= 4 is 209 Å². The maximum Gasteiger partial charge on any atom is 4.00 e. The molecular formula is Mo3P4S16. The van der Waals surface area contributed by atoms with E-state index in [0.717, 1.165) is 0 Å². The first-order chi connectivity index (χ1) is 8.00. The molecule has 0 rings (SSSR count). The predicted octanol–water partition coefficient (Wildman–Crippen LogP) is 3.40. The molecule has 0 heterocycles. The maximum absolute atomic E-state index is 4.38. The third-order valence-electron chi connectivity index (χ3n) is 0. The van der Waals surface area contributed by atoms with Gasteiger partial charge in [0.05, 0.1) is 0 Å². The molecule has 134 valence electrons. The minimum absolute atomic E-state index is 0. The minimum atomic E-state index is -2.06. The van der Waals surface area contributed by atoms with Gasteiger partial charge >= 0.3 is 63.2 Å². The summed E-state index contributed by atoms with van der Waals surface area (Å²) < 4.78 is -8.22. The molecule has 0 bridgehead atoms. The zero-order valence-electron chi connectivity index (χ0n) is 9.55. The molecule has 0 saturated heterocycles. The van der Waals surface area contributed by atoms with Crippen LogP contribution in [0.1, 0.15) is 0 Å². The van der Waals surface area contributed by atoms with E-state index in [1.165, 1.54) is 0 Å². The molecule has 0 saturated carbocycles. The summed E-state index contributed by atoms with van der Waals surface area (Å²) in [7, 11) is 0. The second kappa shape index (κ2) is 25.5. The molecule has 0 fully saturated rings. The fourth-order valence-electron chi connectivity index (χ4n) is 0. The van der Waals surface area contributed by atoms with Gasteiger partial charge in [-0.15, -0.1) is 0 Å². The largest absolute Gasteiger partial charge is 4.00 e. The van der Waals surface area contributed by atoms with E-state index in [0.29, 0.717) is 0 Å². The molecular weight excluding hydrogens is 925 g/mol. The van der Waals surface area contributed by atoms with Gasteiger partial charge in [0.1, 0.15) is 0 Å². The Bertz CT molecular complexity index is 292. The molecule has 0 radical (unpaired) electrons. The first-order valence-electron chi connectivity index (χ1n) is 2.92. The van der Waals surface area contributed by atoms with Crippen molar-refractivity contribution in [2.24, 2.45) is 0 Å². The van der Waals surface area contributed by atoms with Crippen molar-refractivity contribution in [1.82, 2.24) is 0 Å². The van der Waals surface area contributed by atoms with Gasteiger partial charge in [-0.3, -0.25) is 0 Å². The first kappa shape index (κ1) is 49.1. The molecule has 0 N–H and O–H groups in total. The second-order valence-corrected chi connectivity index (χ2v) is 48.3. The van der Waals surface area contributed by atoms with Crippen LogP contribution in [0.15, 0.2) is 0 Å². The molecule has 0 aromatic heterocycles. The second-order valence-electron chi connectivity index (χ2n) is 1.79. The summed E-state index contributed by atoms with van der Waals surface area (Å²) in [5.41, 5.74) is 0. The maximum atomic E-state index is 4.38. The van der Waals surface area contributed by atoms with E-state index in [1.54, 1.807) is 0 Å². The van der Waals surface area contributed by atoms with E-state index in [2.05, 4.69) is 194 Å². The van der Waals surface area contributed by atoms with Gasteiger partial charge in [-0.1, -0.05) is 0 Å². The fraction of sp³-hybridized carbons (Fsp3) is 0. The molecule has 23 heavy (non-hydrogen) atoms. The summed E-state index contributed by atoms with van der Waals surface area (Å²) in [4.78, 5) is 0. The van der Waals surface area contributed by atoms with Crippen molar-refractivity contribution in [3.8, 4) is 0 Å². The van der Waals surface area contributed by atoms with E-state index >= 15 is 0 Å². The van der Waals surface area contributed by atoms with Crippen molar-refractivity contribution < 1.29 is 63.2 Å². The van der Waals surface area contributed by atoms with Crippen molar-refractivity contribution in [3.05, 3.63) is 0 Å². The van der Waals surface area contributed by atoms with E-state index in [-0.39, 0.29) is 63.2 Å². The Kier molecular flexibility index (Phi) is 54.4. The van der Waals surface area contributed by atoms with Crippen LogP contribution in [0.25, 0.3) is 0 Å². The zero-order chi connectivity index (χ0) is 18.0. The van der Waals surface area contributed by atoms with Crippen LogP contribution in [0.5, 0.6) is 0 Å². The molecule has 0 nitrogen and oxygen atoms in total. The molecule has 0 unspecified atom stereocenters. The summed E-state index contributed by atoms with van der Waals surface area (Å²) in [6.45, 7) is 0. The van der Waals surface area contributed by atoms with Gasteiger partial charge in [0, 0.05) is 0 Å². The monoisotopic (exact) mass is 929 g/mol. The van der Waals surface area contributed by atoms with Gasteiger partial charge in [-0.2, -0.15) is 47.2 Å². The summed E-state index contributed by atoms with van der Waals surface area (Å²) in [5, 5.41) is 0. The molecule has 0 amide bonds. The number of hydrogen-bond donors (Lipinski definition) is 0. The van der Waals surface area contributed by atoms with Gasteiger partial charge in [0.2, 0.25) is 0 Å². The van der Waals surface area contributed by atoms with Crippen LogP contribution in [0.4, 0.5) is 0 Å². The Morgan fingerprint density at radius 1 is 0.304 bits per heavy atom. The summed E-state index contributed by atoms with van der Waals surface area (Å²) in [6.07, 6.45) is 0. The predicted molar refractivity (Wildman–Crippen MR) is 146 cm³/mol. The number of hydrogen-bond acceptors (Lipinski definition) is 16. The molecule has 0 spiro atoms. The van der Waals surface area contributed by atoms with E-state index in [4.69, 9.17) is 0 Å². The topological polar surface area (TPSA) is 0 Å². The van der Waals surface area contributed by atoms with Gasteiger partial charge in [-0.25, -0.2) is 0 Å².